The number of rotatable bonds is 0. The first kappa shape index (κ1) is 10.8. The molecular formula is C13H12N2S. The van der Waals surface area contributed by atoms with Crippen molar-refractivity contribution in [2.45, 2.75) is 0 Å². The highest BCUT2D eigenvalue weighted by Gasteiger charge is 1.86. The maximum absolute atomic E-state index is 4.18. The maximum atomic E-state index is 4.18. The lowest BCUT2D eigenvalue weighted by Crippen LogP contribution is -1.88. The number of para-hydroxylation sites is 1. The standard InChI is InChI=1S/C9H7N.C4H5NS/c1-2-6-9-8(4-1)5-3-7-10-9;1-2-4-6-5-3-1/h1-7H;1-5H. The van der Waals surface area contributed by atoms with E-state index in [9.17, 15) is 0 Å². The number of pyridine rings is 1. The lowest BCUT2D eigenvalue weighted by molar-refractivity contribution is 1.41. The van der Waals surface area contributed by atoms with Crippen LogP contribution in [0.1, 0.15) is 0 Å². The summed E-state index contributed by atoms with van der Waals surface area (Å²) in [5.74, 6) is 0. The highest BCUT2D eigenvalue weighted by Crippen LogP contribution is 2.07. The van der Waals surface area contributed by atoms with Crippen molar-refractivity contribution in [1.82, 2.24) is 9.71 Å². The fraction of sp³-hybridized carbons (Fsp3) is 0. The van der Waals surface area contributed by atoms with Crippen LogP contribution < -0.4 is 4.72 Å². The second-order valence-corrected chi connectivity index (χ2v) is 3.86. The molecule has 1 aliphatic heterocycles. The van der Waals surface area contributed by atoms with E-state index in [2.05, 4.69) is 21.8 Å². The molecule has 16 heavy (non-hydrogen) atoms. The van der Waals surface area contributed by atoms with Gasteiger partial charge in [-0.05, 0) is 35.6 Å². The second-order valence-electron chi connectivity index (χ2n) is 3.12. The van der Waals surface area contributed by atoms with Crippen molar-refractivity contribution in [3.05, 3.63) is 66.4 Å². The Hall–Kier alpha value is -1.74. The van der Waals surface area contributed by atoms with Gasteiger partial charge < -0.3 is 4.72 Å². The fourth-order valence-electron chi connectivity index (χ4n) is 1.27. The molecule has 80 valence electrons. The number of nitrogens with one attached hydrogen (secondary N) is 1. The monoisotopic (exact) mass is 228 g/mol. The van der Waals surface area contributed by atoms with Crippen molar-refractivity contribution >= 4 is 22.9 Å². The average Bonchev–Trinajstić information content (AvgIpc) is 2.42. The van der Waals surface area contributed by atoms with Crippen molar-refractivity contribution in [2.24, 2.45) is 0 Å². The molecule has 0 bridgehead atoms. The van der Waals surface area contributed by atoms with Crippen LogP contribution in [0.2, 0.25) is 0 Å². The van der Waals surface area contributed by atoms with Gasteiger partial charge in [-0.15, -0.1) is 0 Å². The van der Waals surface area contributed by atoms with Crippen molar-refractivity contribution in [1.29, 1.82) is 0 Å². The van der Waals surface area contributed by atoms with E-state index in [-0.39, 0.29) is 0 Å². The summed E-state index contributed by atoms with van der Waals surface area (Å²) in [7, 11) is 0. The summed E-state index contributed by atoms with van der Waals surface area (Å²) in [6.45, 7) is 0. The van der Waals surface area contributed by atoms with Crippen LogP contribution in [0.3, 0.4) is 0 Å². The predicted octanol–water partition coefficient (Wildman–Crippen LogP) is 3.50. The summed E-state index contributed by atoms with van der Waals surface area (Å²) in [5, 5.41) is 3.19. The fourth-order valence-corrected chi connectivity index (χ4v) is 1.68. The Kier molecular flexibility index (Phi) is 4.02. The maximum Gasteiger partial charge on any atom is 0.0701 e. The first-order valence-electron chi connectivity index (χ1n) is 4.99. The zero-order valence-corrected chi connectivity index (χ0v) is 9.52. The molecule has 0 fully saturated rings. The molecule has 3 rings (SSSR count). The molecule has 2 nitrogen and oxygen atoms in total. The zero-order chi connectivity index (χ0) is 11.1. The van der Waals surface area contributed by atoms with Crippen LogP contribution in [0.4, 0.5) is 0 Å². The number of nitrogens with zero attached hydrogens (tertiary/aromatic N) is 1. The average molecular weight is 228 g/mol. The molecule has 1 aromatic heterocycles. The summed E-state index contributed by atoms with van der Waals surface area (Å²) < 4.78 is 2.93. The molecule has 0 aliphatic carbocycles. The summed E-state index contributed by atoms with van der Waals surface area (Å²) in [5.41, 5.74) is 1.06. The summed E-state index contributed by atoms with van der Waals surface area (Å²) in [6.07, 6.45) is 7.64. The SMILES string of the molecule is C1=CNSC=C1.c1ccc2ncccc2c1. The molecule has 0 atom stereocenters. The van der Waals surface area contributed by atoms with Crippen LogP contribution in [0.15, 0.2) is 66.4 Å². The van der Waals surface area contributed by atoms with E-state index in [1.807, 2.05) is 54.2 Å². The Morgan fingerprint density at radius 1 is 1.00 bits per heavy atom. The lowest BCUT2D eigenvalue weighted by atomic mass is 10.2. The molecule has 0 unspecified atom stereocenters. The van der Waals surface area contributed by atoms with Gasteiger partial charge in [0.25, 0.3) is 0 Å². The predicted molar refractivity (Wildman–Crippen MR) is 70.7 cm³/mol. The highest BCUT2D eigenvalue weighted by atomic mass is 32.2. The van der Waals surface area contributed by atoms with Gasteiger partial charge in [0.1, 0.15) is 0 Å². The van der Waals surface area contributed by atoms with Gasteiger partial charge >= 0.3 is 0 Å². The lowest BCUT2D eigenvalue weighted by Gasteiger charge is -1.93. The Morgan fingerprint density at radius 2 is 1.88 bits per heavy atom. The van der Waals surface area contributed by atoms with Crippen molar-refractivity contribution < 1.29 is 0 Å². The Balaban J connectivity index is 0.000000138. The Labute approximate surface area is 99.2 Å². The van der Waals surface area contributed by atoms with E-state index in [4.69, 9.17) is 0 Å². The largest absolute Gasteiger partial charge is 0.333 e. The van der Waals surface area contributed by atoms with Gasteiger partial charge in [-0.25, -0.2) is 0 Å². The number of hydrogen-bond acceptors (Lipinski definition) is 3. The molecule has 0 radical (unpaired) electrons. The third-order valence-corrected chi connectivity index (χ3v) is 2.57. The Bertz CT molecular complexity index is 429. The number of hydrogen-bond donors (Lipinski definition) is 1. The van der Waals surface area contributed by atoms with Gasteiger partial charge in [-0.3, -0.25) is 4.98 Å². The first-order chi connectivity index (χ1) is 7.97. The number of benzene rings is 1. The van der Waals surface area contributed by atoms with E-state index in [1.54, 1.807) is 11.9 Å². The zero-order valence-electron chi connectivity index (χ0n) is 8.71. The van der Waals surface area contributed by atoms with Crippen LogP contribution in [-0.4, -0.2) is 4.98 Å². The molecule has 0 saturated carbocycles. The molecule has 0 saturated heterocycles. The minimum absolute atomic E-state index is 1.06. The third kappa shape index (κ3) is 3.14. The highest BCUT2D eigenvalue weighted by molar-refractivity contribution is 8.00. The van der Waals surface area contributed by atoms with Crippen molar-refractivity contribution in [3.63, 3.8) is 0 Å². The molecule has 1 aliphatic rings. The van der Waals surface area contributed by atoms with Crippen LogP contribution in [-0.2, 0) is 0 Å². The van der Waals surface area contributed by atoms with Crippen molar-refractivity contribution in [3.8, 4) is 0 Å². The number of aromatic nitrogens is 1. The van der Waals surface area contributed by atoms with E-state index in [0.29, 0.717) is 0 Å². The molecule has 1 aromatic carbocycles. The van der Waals surface area contributed by atoms with E-state index >= 15 is 0 Å². The van der Waals surface area contributed by atoms with Gasteiger partial charge in [-0.2, -0.15) is 0 Å². The van der Waals surface area contributed by atoms with Crippen LogP contribution in [0, 0.1) is 0 Å². The molecular weight excluding hydrogens is 216 g/mol. The van der Waals surface area contributed by atoms with E-state index in [0.717, 1.165) is 5.52 Å². The summed E-state index contributed by atoms with van der Waals surface area (Å²) in [4.78, 5) is 4.18. The van der Waals surface area contributed by atoms with Crippen LogP contribution in [0.25, 0.3) is 10.9 Å². The van der Waals surface area contributed by atoms with E-state index in [1.165, 1.54) is 5.39 Å². The molecule has 1 N–H and O–H groups in total. The molecule has 0 amide bonds. The van der Waals surface area contributed by atoms with Gasteiger partial charge in [-0.1, -0.05) is 30.3 Å². The molecule has 3 heteroatoms. The summed E-state index contributed by atoms with van der Waals surface area (Å²) >= 11 is 1.58. The second kappa shape index (κ2) is 5.98. The van der Waals surface area contributed by atoms with Crippen molar-refractivity contribution in [2.75, 3.05) is 0 Å². The van der Waals surface area contributed by atoms with Gasteiger partial charge in [0.2, 0.25) is 0 Å². The third-order valence-electron chi connectivity index (χ3n) is 2.00. The van der Waals surface area contributed by atoms with E-state index < -0.39 is 0 Å². The molecule has 0 spiro atoms. The van der Waals surface area contributed by atoms with Gasteiger partial charge in [0.15, 0.2) is 0 Å². The normalized spacial score (nSPS) is 12.8. The molecule has 2 heterocycles. The number of fused-ring (bicyclic) bond motifs is 1. The number of allylic oxidation sites excluding steroid dienone is 2. The van der Waals surface area contributed by atoms with Crippen LogP contribution in [0.5, 0.6) is 0 Å². The van der Waals surface area contributed by atoms with Crippen LogP contribution >= 0.6 is 11.9 Å². The summed E-state index contributed by atoms with van der Waals surface area (Å²) in [6, 6.07) is 12.1. The minimum Gasteiger partial charge on any atom is -0.333 e. The van der Waals surface area contributed by atoms with Gasteiger partial charge in [0.05, 0.1) is 5.52 Å². The van der Waals surface area contributed by atoms with Gasteiger partial charge in [0, 0.05) is 17.8 Å². The molecule has 2 aromatic rings. The topological polar surface area (TPSA) is 24.9 Å². The Morgan fingerprint density at radius 3 is 2.50 bits per heavy atom. The first-order valence-corrected chi connectivity index (χ1v) is 5.87. The minimum atomic E-state index is 1.06. The quantitative estimate of drug-likeness (QED) is 0.698. The smallest absolute Gasteiger partial charge is 0.0701 e.